The summed E-state index contributed by atoms with van der Waals surface area (Å²) in [6.07, 6.45) is 0. The van der Waals surface area contributed by atoms with Gasteiger partial charge in [-0.25, -0.2) is 4.79 Å². The maximum absolute atomic E-state index is 12.0. The van der Waals surface area contributed by atoms with E-state index in [0.29, 0.717) is 10.9 Å². The molecular formula is C13H12INO3. The van der Waals surface area contributed by atoms with Gasteiger partial charge >= 0.3 is 5.97 Å². The first kappa shape index (κ1) is 13.1. The number of nitrogens with one attached hydrogen (secondary N) is 1. The Morgan fingerprint density at radius 3 is 2.78 bits per heavy atom. The second-order valence-electron chi connectivity index (χ2n) is 3.94. The molecule has 0 saturated carbocycles. The zero-order valence-corrected chi connectivity index (χ0v) is 12.2. The molecule has 94 valence electrons. The normalized spacial score (nSPS) is 10.6. The fraction of sp³-hybridized carbons (Fsp3) is 0.231. The molecule has 2 rings (SSSR count). The minimum atomic E-state index is -0.506. The van der Waals surface area contributed by atoms with Gasteiger partial charge in [0.15, 0.2) is 5.43 Å². The van der Waals surface area contributed by atoms with E-state index in [1.807, 2.05) is 19.1 Å². The average molecular weight is 357 g/mol. The van der Waals surface area contributed by atoms with Crippen LogP contribution in [0.1, 0.15) is 23.0 Å². The number of esters is 1. The molecule has 0 radical (unpaired) electrons. The number of aromatic nitrogens is 1. The predicted molar refractivity (Wildman–Crippen MR) is 78.0 cm³/mol. The van der Waals surface area contributed by atoms with Crippen molar-refractivity contribution in [1.82, 2.24) is 4.98 Å². The van der Waals surface area contributed by atoms with Gasteiger partial charge in [0, 0.05) is 9.64 Å². The molecule has 4 nitrogen and oxygen atoms in total. The Bertz CT molecular complexity index is 676. The summed E-state index contributed by atoms with van der Waals surface area (Å²) in [5.41, 5.74) is 1.71. The molecule has 0 spiro atoms. The van der Waals surface area contributed by atoms with Crippen LogP contribution in [0, 0.1) is 10.5 Å². The third-order valence-corrected chi connectivity index (χ3v) is 3.37. The molecule has 0 atom stereocenters. The first-order valence-corrected chi connectivity index (χ1v) is 6.61. The lowest BCUT2D eigenvalue weighted by atomic mass is 10.1. The second kappa shape index (κ2) is 5.09. The zero-order valence-electron chi connectivity index (χ0n) is 10.0. The van der Waals surface area contributed by atoms with E-state index in [-0.39, 0.29) is 17.7 Å². The number of benzene rings is 1. The highest BCUT2D eigenvalue weighted by molar-refractivity contribution is 14.1. The van der Waals surface area contributed by atoms with Gasteiger partial charge in [-0.3, -0.25) is 4.79 Å². The van der Waals surface area contributed by atoms with Crippen LogP contribution < -0.4 is 5.43 Å². The van der Waals surface area contributed by atoms with Crippen molar-refractivity contribution >= 4 is 39.5 Å². The van der Waals surface area contributed by atoms with Gasteiger partial charge in [-0.15, -0.1) is 0 Å². The van der Waals surface area contributed by atoms with E-state index in [1.54, 1.807) is 6.92 Å². The van der Waals surface area contributed by atoms with Crippen LogP contribution in [0.3, 0.4) is 0 Å². The number of aryl methyl sites for hydroxylation is 1. The van der Waals surface area contributed by atoms with Crippen molar-refractivity contribution < 1.29 is 9.53 Å². The number of ether oxygens (including phenoxy) is 1. The molecule has 1 N–H and O–H groups in total. The maximum Gasteiger partial charge on any atom is 0.354 e. The Balaban J connectivity index is 2.69. The molecule has 2 aromatic rings. The van der Waals surface area contributed by atoms with Crippen LogP contribution in [0.15, 0.2) is 23.0 Å². The van der Waals surface area contributed by atoms with E-state index in [0.717, 1.165) is 9.13 Å². The lowest BCUT2D eigenvalue weighted by molar-refractivity contribution is 0.0520. The highest BCUT2D eigenvalue weighted by atomic mass is 127. The van der Waals surface area contributed by atoms with Gasteiger partial charge in [0.05, 0.1) is 17.5 Å². The molecule has 0 unspecified atom stereocenters. The van der Waals surface area contributed by atoms with Crippen LogP contribution >= 0.6 is 22.6 Å². The lowest BCUT2D eigenvalue weighted by Gasteiger charge is -2.06. The van der Waals surface area contributed by atoms with Crippen LogP contribution in [0.25, 0.3) is 10.9 Å². The molecule has 0 bridgehead atoms. The van der Waals surface area contributed by atoms with Gasteiger partial charge < -0.3 is 9.72 Å². The van der Waals surface area contributed by atoms with E-state index in [1.165, 1.54) is 6.07 Å². The molecule has 5 heteroatoms. The summed E-state index contributed by atoms with van der Waals surface area (Å²) in [6.45, 7) is 3.95. The van der Waals surface area contributed by atoms with Crippen LogP contribution in [-0.4, -0.2) is 17.6 Å². The maximum atomic E-state index is 12.0. The molecule has 0 saturated heterocycles. The standard InChI is InChI=1S/C13H12INO3/c1-3-18-13(17)10-6-11(16)12-8(14)4-7(2)5-9(12)15-10/h4-6H,3H2,1-2H3,(H,15,16). The minimum Gasteiger partial charge on any atom is -0.461 e. The van der Waals surface area contributed by atoms with E-state index in [2.05, 4.69) is 27.6 Å². The third kappa shape index (κ3) is 2.40. The number of carbonyl (C=O) groups is 1. The molecule has 0 amide bonds. The third-order valence-electron chi connectivity index (χ3n) is 2.52. The Hall–Kier alpha value is -1.37. The Morgan fingerprint density at radius 2 is 2.11 bits per heavy atom. The Labute approximate surface area is 117 Å². The number of halogens is 1. The van der Waals surface area contributed by atoms with Crippen molar-refractivity contribution in [3.8, 4) is 0 Å². The van der Waals surface area contributed by atoms with Crippen LogP contribution in [0.5, 0.6) is 0 Å². The monoisotopic (exact) mass is 357 g/mol. The van der Waals surface area contributed by atoms with Gasteiger partial charge in [-0.05, 0) is 54.1 Å². The van der Waals surface area contributed by atoms with Crippen LogP contribution in [0.2, 0.25) is 0 Å². The molecule has 0 fully saturated rings. The molecule has 1 aromatic heterocycles. The highest BCUT2D eigenvalue weighted by Gasteiger charge is 2.12. The molecule has 1 aromatic carbocycles. The molecule has 0 aliphatic carbocycles. The fourth-order valence-corrected chi connectivity index (χ4v) is 2.84. The largest absolute Gasteiger partial charge is 0.461 e. The van der Waals surface area contributed by atoms with Crippen molar-refractivity contribution in [2.45, 2.75) is 13.8 Å². The fourth-order valence-electron chi connectivity index (χ4n) is 1.79. The van der Waals surface area contributed by atoms with Crippen molar-refractivity contribution in [3.05, 3.63) is 43.2 Å². The van der Waals surface area contributed by atoms with Gasteiger partial charge in [-0.2, -0.15) is 0 Å². The quantitative estimate of drug-likeness (QED) is 0.664. The molecule has 0 aliphatic rings. The molecular weight excluding hydrogens is 345 g/mol. The minimum absolute atomic E-state index is 0.170. The Morgan fingerprint density at radius 1 is 1.39 bits per heavy atom. The SMILES string of the molecule is CCOC(=O)c1cc(=O)c2c(I)cc(C)cc2[nH]1. The van der Waals surface area contributed by atoms with Crippen molar-refractivity contribution in [2.75, 3.05) is 6.61 Å². The number of hydrogen-bond acceptors (Lipinski definition) is 3. The molecule has 18 heavy (non-hydrogen) atoms. The lowest BCUT2D eigenvalue weighted by Crippen LogP contribution is -2.13. The number of pyridine rings is 1. The summed E-state index contributed by atoms with van der Waals surface area (Å²) < 4.78 is 5.76. The second-order valence-corrected chi connectivity index (χ2v) is 5.10. The average Bonchev–Trinajstić information content (AvgIpc) is 2.27. The Kier molecular flexibility index (Phi) is 3.70. The van der Waals surface area contributed by atoms with Crippen molar-refractivity contribution in [1.29, 1.82) is 0 Å². The number of hydrogen-bond donors (Lipinski definition) is 1. The summed E-state index contributed by atoms with van der Waals surface area (Å²) in [7, 11) is 0. The summed E-state index contributed by atoms with van der Waals surface area (Å²) in [4.78, 5) is 26.6. The predicted octanol–water partition coefficient (Wildman–Crippen LogP) is 2.62. The molecule has 0 aliphatic heterocycles. The first-order chi connectivity index (χ1) is 8.52. The van der Waals surface area contributed by atoms with E-state index >= 15 is 0 Å². The van der Waals surface area contributed by atoms with Crippen LogP contribution in [-0.2, 0) is 4.74 Å². The number of rotatable bonds is 2. The van der Waals surface area contributed by atoms with E-state index < -0.39 is 5.97 Å². The number of aromatic amines is 1. The topological polar surface area (TPSA) is 59.2 Å². The van der Waals surface area contributed by atoms with Gasteiger partial charge in [-0.1, -0.05) is 0 Å². The van der Waals surface area contributed by atoms with Crippen molar-refractivity contribution in [3.63, 3.8) is 0 Å². The van der Waals surface area contributed by atoms with E-state index in [4.69, 9.17) is 4.74 Å². The molecule has 1 heterocycles. The van der Waals surface area contributed by atoms with Crippen LogP contribution in [0.4, 0.5) is 0 Å². The van der Waals surface area contributed by atoms with Crippen molar-refractivity contribution in [2.24, 2.45) is 0 Å². The zero-order chi connectivity index (χ0) is 13.3. The van der Waals surface area contributed by atoms with E-state index in [9.17, 15) is 9.59 Å². The highest BCUT2D eigenvalue weighted by Crippen LogP contribution is 2.18. The summed E-state index contributed by atoms with van der Waals surface area (Å²) in [5, 5.41) is 0.606. The summed E-state index contributed by atoms with van der Waals surface area (Å²) in [5.74, 6) is -0.506. The first-order valence-electron chi connectivity index (χ1n) is 5.53. The van der Waals surface area contributed by atoms with Gasteiger partial charge in [0.2, 0.25) is 0 Å². The van der Waals surface area contributed by atoms with Gasteiger partial charge in [0.25, 0.3) is 0 Å². The number of H-pyrrole nitrogens is 1. The number of carbonyl (C=O) groups excluding carboxylic acids is 1. The smallest absolute Gasteiger partial charge is 0.354 e. The summed E-state index contributed by atoms with van der Waals surface area (Å²) >= 11 is 2.12. The number of fused-ring (bicyclic) bond motifs is 1. The van der Waals surface area contributed by atoms with Gasteiger partial charge in [0.1, 0.15) is 5.69 Å². The summed E-state index contributed by atoms with van der Waals surface area (Å²) in [6, 6.07) is 5.07.